The van der Waals surface area contributed by atoms with Crippen LogP contribution >= 0.6 is 0 Å². The number of aromatic nitrogens is 5. The van der Waals surface area contributed by atoms with Gasteiger partial charge in [-0.25, -0.2) is 27.7 Å². The molecule has 13 heteroatoms. The summed E-state index contributed by atoms with van der Waals surface area (Å²) in [5.74, 6) is -2.47. The van der Waals surface area contributed by atoms with Gasteiger partial charge in [0.2, 0.25) is 5.92 Å². The number of aryl methyl sites for hydroxylation is 1. The van der Waals surface area contributed by atoms with Crippen LogP contribution in [-0.4, -0.2) is 60.3 Å². The van der Waals surface area contributed by atoms with Gasteiger partial charge in [0.25, 0.3) is 5.91 Å². The molecule has 1 aliphatic heterocycles. The Hall–Kier alpha value is -3.64. The van der Waals surface area contributed by atoms with Gasteiger partial charge in [0.1, 0.15) is 5.69 Å². The Morgan fingerprint density at radius 3 is 2.60 bits per heavy atom. The number of imidazole rings is 1. The van der Waals surface area contributed by atoms with Gasteiger partial charge in [-0.3, -0.25) is 4.79 Å². The summed E-state index contributed by atoms with van der Waals surface area (Å²) in [7, 11) is 0. The fraction of sp³-hybridized carbons (Fsp3) is 0.630. The van der Waals surface area contributed by atoms with Gasteiger partial charge < -0.3 is 15.5 Å². The van der Waals surface area contributed by atoms with Crippen molar-refractivity contribution in [1.29, 1.82) is 0 Å². The van der Waals surface area contributed by atoms with E-state index in [2.05, 4.69) is 30.7 Å². The smallest absolute Gasteiger partial charge is 0.318 e. The zero-order valence-electron chi connectivity index (χ0n) is 22.2. The van der Waals surface area contributed by atoms with Gasteiger partial charge in [-0.1, -0.05) is 5.16 Å². The van der Waals surface area contributed by atoms with Gasteiger partial charge >= 0.3 is 6.03 Å². The lowest BCUT2D eigenvalue weighted by Gasteiger charge is -2.33. The molecular formula is C27H32F2N8O3. The van der Waals surface area contributed by atoms with Crippen molar-refractivity contribution in [3.8, 4) is 0 Å². The predicted octanol–water partition coefficient (Wildman–Crippen LogP) is 3.97. The van der Waals surface area contributed by atoms with Crippen LogP contribution in [0.2, 0.25) is 0 Å². The minimum atomic E-state index is -2.70. The van der Waals surface area contributed by atoms with Gasteiger partial charge in [0.15, 0.2) is 11.3 Å². The van der Waals surface area contributed by atoms with E-state index >= 15 is 0 Å². The molecule has 0 spiro atoms. The lowest BCUT2D eigenvalue weighted by Crippen LogP contribution is -2.37. The number of urea groups is 1. The standard InChI is InChI=1S/C27H32F2N8O3/c1-14-22(35-40-34-14)25(38)33-23(16-6-8-27(28,29)9-7-16)20-13-37-21(31-20)10-18(11-30-37)24(17-4-5-17)36-12-19(15-2-3-15)32-26(36)39/h10-11,13,15-17,19,23-24H,2-9,12H2,1H3,(H,32,39)(H,33,38)/t19?,23-,24?/m0/s1. The molecule has 0 aromatic carbocycles. The van der Waals surface area contributed by atoms with E-state index < -0.39 is 17.9 Å². The average molecular weight is 555 g/mol. The lowest BCUT2D eigenvalue weighted by molar-refractivity contribution is -0.0495. The SMILES string of the molecule is Cc1nonc1C(=O)N[C@H](c1cn2ncc(C(C3CC3)N3CC(C4CC4)NC3=O)cc2n1)C1CCC(F)(F)CC1. The fourth-order valence-electron chi connectivity index (χ4n) is 6.40. The lowest BCUT2D eigenvalue weighted by atomic mass is 9.81. The normalized spacial score (nSPS) is 24.7. The molecule has 3 aromatic rings. The first-order valence-electron chi connectivity index (χ1n) is 14.2. The first kappa shape index (κ1) is 25.3. The predicted molar refractivity (Wildman–Crippen MR) is 136 cm³/mol. The molecular weight excluding hydrogens is 522 g/mol. The highest BCUT2D eigenvalue weighted by molar-refractivity contribution is 5.93. The first-order valence-corrected chi connectivity index (χ1v) is 14.2. The quantitative estimate of drug-likeness (QED) is 0.431. The molecule has 4 aliphatic rings. The van der Waals surface area contributed by atoms with E-state index in [4.69, 9.17) is 4.98 Å². The molecule has 2 N–H and O–H groups in total. The van der Waals surface area contributed by atoms with E-state index in [1.54, 1.807) is 23.8 Å². The van der Waals surface area contributed by atoms with E-state index in [1.165, 1.54) is 12.8 Å². The molecule has 0 radical (unpaired) electrons. The minimum absolute atomic E-state index is 0.0211. The summed E-state index contributed by atoms with van der Waals surface area (Å²) in [4.78, 5) is 32.8. The van der Waals surface area contributed by atoms with Gasteiger partial charge in [0.05, 0.1) is 36.2 Å². The Morgan fingerprint density at radius 2 is 1.93 bits per heavy atom. The van der Waals surface area contributed by atoms with Crippen LogP contribution in [0.15, 0.2) is 23.1 Å². The molecule has 3 atom stereocenters. The number of amides is 3. The number of carbonyl (C=O) groups is 2. The number of fused-ring (bicyclic) bond motifs is 1. The molecule has 7 rings (SSSR count). The van der Waals surface area contributed by atoms with Crippen LogP contribution in [0.5, 0.6) is 0 Å². The molecule has 3 amide bonds. The summed E-state index contributed by atoms with van der Waals surface area (Å²) in [6.07, 6.45) is 7.99. The summed E-state index contributed by atoms with van der Waals surface area (Å²) < 4.78 is 34.3. The molecule has 2 unspecified atom stereocenters. The Morgan fingerprint density at radius 1 is 1.15 bits per heavy atom. The third-order valence-electron chi connectivity index (χ3n) is 8.97. The maximum Gasteiger partial charge on any atom is 0.318 e. The average Bonchev–Trinajstić information content (AvgIpc) is 3.83. The Labute approximate surface area is 229 Å². The molecule has 212 valence electrons. The zero-order chi connectivity index (χ0) is 27.6. The number of hydrogen-bond donors (Lipinski definition) is 2. The van der Waals surface area contributed by atoms with Crippen molar-refractivity contribution in [2.75, 3.05) is 6.54 Å². The molecule has 0 bridgehead atoms. The summed E-state index contributed by atoms with van der Waals surface area (Å²) in [5.41, 5.74) is 2.44. The van der Waals surface area contributed by atoms with Crippen LogP contribution in [0.3, 0.4) is 0 Å². The van der Waals surface area contributed by atoms with Crippen LogP contribution in [0.1, 0.15) is 90.9 Å². The number of nitrogens with one attached hydrogen (secondary N) is 2. The van der Waals surface area contributed by atoms with E-state index in [9.17, 15) is 18.4 Å². The third-order valence-corrected chi connectivity index (χ3v) is 8.97. The van der Waals surface area contributed by atoms with Crippen LogP contribution in [0.25, 0.3) is 5.65 Å². The van der Waals surface area contributed by atoms with Crippen LogP contribution < -0.4 is 10.6 Å². The Kier molecular flexibility index (Phi) is 6.00. The highest BCUT2D eigenvalue weighted by Gasteiger charge is 2.46. The van der Waals surface area contributed by atoms with E-state index in [0.29, 0.717) is 35.4 Å². The monoisotopic (exact) mass is 554 g/mol. The largest absolute Gasteiger partial charge is 0.342 e. The second-order valence-corrected chi connectivity index (χ2v) is 11.9. The summed E-state index contributed by atoms with van der Waals surface area (Å²) in [6, 6.07) is 1.45. The van der Waals surface area contributed by atoms with Crippen molar-refractivity contribution in [3.05, 3.63) is 41.1 Å². The number of alkyl halides is 2. The first-order chi connectivity index (χ1) is 19.3. The topological polar surface area (TPSA) is 131 Å². The van der Waals surface area contributed by atoms with Crippen molar-refractivity contribution in [3.63, 3.8) is 0 Å². The number of halogens is 2. The molecule has 1 saturated heterocycles. The summed E-state index contributed by atoms with van der Waals surface area (Å²) in [5, 5.41) is 18.1. The van der Waals surface area contributed by atoms with Gasteiger partial charge in [-0.05, 0) is 80.0 Å². The molecule has 3 aromatic heterocycles. The summed E-state index contributed by atoms with van der Waals surface area (Å²) in [6.45, 7) is 2.31. The highest BCUT2D eigenvalue weighted by atomic mass is 19.3. The maximum absolute atomic E-state index is 14.0. The van der Waals surface area contributed by atoms with Gasteiger partial charge in [-0.2, -0.15) is 5.10 Å². The minimum Gasteiger partial charge on any atom is -0.342 e. The molecule has 11 nitrogen and oxygen atoms in total. The molecule has 4 fully saturated rings. The molecule has 4 heterocycles. The van der Waals surface area contributed by atoms with Crippen molar-refractivity contribution >= 4 is 17.6 Å². The van der Waals surface area contributed by atoms with E-state index in [1.807, 2.05) is 11.0 Å². The van der Waals surface area contributed by atoms with Crippen LogP contribution in [0, 0.1) is 24.7 Å². The number of hydrogen-bond acceptors (Lipinski definition) is 7. The zero-order valence-corrected chi connectivity index (χ0v) is 22.2. The van der Waals surface area contributed by atoms with Crippen LogP contribution in [-0.2, 0) is 0 Å². The van der Waals surface area contributed by atoms with Crippen molar-refractivity contribution < 1.29 is 23.0 Å². The van der Waals surface area contributed by atoms with Gasteiger partial charge in [0, 0.05) is 19.4 Å². The second-order valence-electron chi connectivity index (χ2n) is 11.9. The molecule has 3 saturated carbocycles. The van der Waals surface area contributed by atoms with Gasteiger partial charge in [-0.15, -0.1) is 0 Å². The highest BCUT2D eigenvalue weighted by Crippen LogP contribution is 2.47. The van der Waals surface area contributed by atoms with E-state index in [-0.39, 0.29) is 55.4 Å². The molecule has 3 aliphatic carbocycles. The second kappa shape index (κ2) is 9.48. The maximum atomic E-state index is 14.0. The number of rotatable bonds is 8. The van der Waals surface area contributed by atoms with Crippen LogP contribution in [0.4, 0.5) is 13.6 Å². The summed E-state index contributed by atoms with van der Waals surface area (Å²) >= 11 is 0. The number of nitrogens with zero attached hydrogens (tertiary/aromatic N) is 6. The fourth-order valence-corrected chi connectivity index (χ4v) is 6.40. The van der Waals surface area contributed by atoms with Crippen molar-refractivity contribution in [1.82, 2.24) is 40.4 Å². The molecule has 40 heavy (non-hydrogen) atoms. The Balaban J connectivity index is 1.18. The Bertz CT molecular complexity index is 1440. The van der Waals surface area contributed by atoms with Crippen molar-refractivity contribution in [2.24, 2.45) is 17.8 Å². The van der Waals surface area contributed by atoms with E-state index in [0.717, 1.165) is 18.4 Å². The van der Waals surface area contributed by atoms with Crippen molar-refractivity contribution in [2.45, 2.75) is 82.3 Å². The third kappa shape index (κ3) is 4.79. The number of carbonyl (C=O) groups excluding carboxylic acids is 2.